The summed E-state index contributed by atoms with van der Waals surface area (Å²) in [7, 11) is 0. The van der Waals surface area contributed by atoms with Crippen LogP contribution in [0.2, 0.25) is 0 Å². The van der Waals surface area contributed by atoms with E-state index in [-0.39, 0.29) is 0 Å². The third kappa shape index (κ3) is 1.51. The van der Waals surface area contributed by atoms with Crippen molar-refractivity contribution in [2.75, 3.05) is 6.54 Å². The highest BCUT2D eigenvalue weighted by Crippen LogP contribution is 2.20. The van der Waals surface area contributed by atoms with Gasteiger partial charge in [-0.1, -0.05) is 6.92 Å². The molecule has 2 atom stereocenters. The minimum absolute atomic E-state index is 0.803. The van der Waals surface area contributed by atoms with Gasteiger partial charge in [-0.05, 0) is 39.7 Å². The van der Waals surface area contributed by atoms with Gasteiger partial charge < -0.3 is 0 Å². The maximum absolute atomic E-state index is 2.62. The normalized spacial score (nSPS) is 30.9. The molecule has 0 amide bonds. The SMILES string of the molecule is CCC(C)N1CCCC1C. The average molecular weight is 141 g/mol. The predicted octanol–water partition coefficient (Wildman–Crippen LogP) is 2.27. The lowest BCUT2D eigenvalue weighted by Gasteiger charge is -2.27. The molecule has 1 heteroatoms. The maximum Gasteiger partial charge on any atom is 0.00702 e. The average Bonchev–Trinajstić information content (AvgIpc) is 2.34. The number of hydrogen-bond donors (Lipinski definition) is 0. The van der Waals surface area contributed by atoms with Gasteiger partial charge in [0, 0.05) is 12.1 Å². The number of hydrogen-bond acceptors (Lipinski definition) is 1. The second-order valence-corrected chi connectivity index (χ2v) is 3.49. The maximum atomic E-state index is 2.62. The van der Waals surface area contributed by atoms with Crippen molar-refractivity contribution in [1.29, 1.82) is 0 Å². The molecule has 0 aliphatic carbocycles. The van der Waals surface area contributed by atoms with Crippen LogP contribution < -0.4 is 0 Å². The van der Waals surface area contributed by atoms with Gasteiger partial charge in [0.2, 0.25) is 0 Å². The first kappa shape index (κ1) is 8.06. The van der Waals surface area contributed by atoms with Crippen molar-refractivity contribution in [1.82, 2.24) is 4.90 Å². The topological polar surface area (TPSA) is 3.24 Å². The van der Waals surface area contributed by atoms with E-state index < -0.39 is 0 Å². The molecule has 1 saturated heterocycles. The lowest BCUT2D eigenvalue weighted by atomic mass is 10.2. The van der Waals surface area contributed by atoms with Crippen LogP contribution in [0.3, 0.4) is 0 Å². The first-order valence-electron chi connectivity index (χ1n) is 4.51. The highest BCUT2D eigenvalue weighted by molar-refractivity contribution is 4.78. The zero-order chi connectivity index (χ0) is 7.56. The van der Waals surface area contributed by atoms with Crippen molar-refractivity contribution >= 4 is 0 Å². The number of nitrogens with zero attached hydrogens (tertiary/aromatic N) is 1. The van der Waals surface area contributed by atoms with E-state index in [4.69, 9.17) is 0 Å². The van der Waals surface area contributed by atoms with E-state index in [1.54, 1.807) is 0 Å². The fraction of sp³-hybridized carbons (Fsp3) is 1.00. The van der Waals surface area contributed by atoms with E-state index in [9.17, 15) is 0 Å². The fourth-order valence-electron chi connectivity index (χ4n) is 1.84. The van der Waals surface area contributed by atoms with Crippen LogP contribution in [0.25, 0.3) is 0 Å². The Balaban J connectivity index is 2.38. The Morgan fingerprint density at radius 2 is 2.30 bits per heavy atom. The minimum atomic E-state index is 0.803. The van der Waals surface area contributed by atoms with Crippen molar-refractivity contribution in [2.45, 2.75) is 52.1 Å². The number of rotatable bonds is 2. The van der Waals surface area contributed by atoms with Gasteiger partial charge in [0.15, 0.2) is 0 Å². The van der Waals surface area contributed by atoms with Gasteiger partial charge in [-0.2, -0.15) is 0 Å². The Morgan fingerprint density at radius 1 is 1.60 bits per heavy atom. The molecule has 1 nitrogen and oxygen atoms in total. The van der Waals surface area contributed by atoms with E-state index in [0.717, 1.165) is 12.1 Å². The molecular formula is C9H19N. The van der Waals surface area contributed by atoms with E-state index in [2.05, 4.69) is 25.7 Å². The highest BCUT2D eigenvalue weighted by Gasteiger charge is 2.23. The smallest absolute Gasteiger partial charge is 0.00702 e. The molecule has 1 rings (SSSR count). The van der Waals surface area contributed by atoms with Gasteiger partial charge in [-0.25, -0.2) is 0 Å². The molecule has 0 aromatic heterocycles. The van der Waals surface area contributed by atoms with Crippen LogP contribution in [0.4, 0.5) is 0 Å². The molecule has 0 N–H and O–H groups in total. The van der Waals surface area contributed by atoms with Crippen molar-refractivity contribution in [2.24, 2.45) is 0 Å². The van der Waals surface area contributed by atoms with Crippen LogP contribution in [-0.2, 0) is 0 Å². The molecule has 0 saturated carbocycles. The van der Waals surface area contributed by atoms with Crippen LogP contribution >= 0.6 is 0 Å². The van der Waals surface area contributed by atoms with Gasteiger partial charge in [-0.3, -0.25) is 4.90 Å². The zero-order valence-corrected chi connectivity index (χ0v) is 7.43. The van der Waals surface area contributed by atoms with Crippen molar-refractivity contribution < 1.29 is 0 Å². The first-order valence-corrected chi connectivity index (χ1v) is 4.51. The monoisotopic (exact) mass is 141 g/mol. The molecule has 60 valence electrons. The molecule has 0 aromatic carbocycles. The fourth-order valence-corrected chi connectivity index (χ4v) is 1.84. The third-order valence-corrected chi connectivity index (χ3v) is 2.76. The summed E-state index contributed by atoms with van der Waals surface area (Å²) in [6.45, 7) is 8.28. The lowest BCUT2D eigenvalue weighted by Crippen LogP contribution is -2.34. The largest absolute Gasteiger partial charge is 0.298 e. The Hall–Kier alpha value is -0.0400. The van der Waals surface area contributed by atoms with E-state index >= 15 is 0 Å². The van der Waals surface area contributed by atoms with Gasteiger partial charge in [0.25, 0.3) is 0 Å². The van der Waals surface area contributed by atoms with Crippen molar-refractivity contribution in [3.63, 3.8) is 0 Å². The molecule has 1 aliphatic heterocycles. The molecule has 0 spiro atoms. The predicted molar refractivity (Wildman–Crippen MR) is 45.2 cm³/mol. The Labute approximate surface area is 64.4 Å². The summed E-state index contributed by atoms with van der Waals surface area (Å²) in [6.07, 6.45) is 4.11. The van der Waals surface area contributed by atoms with Crippen molar-refractivity contribution in [3.8, 4) is 0 Å². The molecule has 1 heterocycles. The van der Waals surface area contributed by atoms with Crippen LogP contribution in [-0.4, -0.2) is 23.5 Å². The van der Waals surface area contributed by atoms with Crippen LogP contribution in [0.15, 0.2) is 0 Å². The summed E-state index contributed by atoms with van der Waals surface area (Å²) in [4.78, 5) is 2.62. The number of likely N-dealkylation sites (tertiary alicyclic amines) is 1. The molecule has 2 unspecified atom stereocenters. The molecular weight excluding hydrogens is 122 g/mol. The zero-order valence-electron chi connectivity index (χ0n) is 7.43. The van der Waals surface area contributed by atoms with E-state index in [1.807, 2.05) is 0 Å². The summed E-state index contributed by atoms with van der Waals surface area (Å²) in [5.41, 5.74) is 0. The second-order valence-electron chi connectivity index (χ2n) is 3.49. The quantitative estimate of drug-likeness (QED) is 0.570. The van der Waals surface area contributed by atoms with Crippen LogP contribution in [0, 0.1) is 0 Å². The molecule has 0 aromatic rings. The summed E-state index contributed by atoms with van der Waals surface area (Å²) in [5.74, 6) is 0. The Kier molecular flexibility index (Phi) is 2.72. The minimum Gasteiger partial charge on any atom is -0.298 e. The molecule has 1 aliphatic rings. The molecule has 10 heavy (non-hydrogen) atoms. The highest BCUT2D eigenvalue weighted by atomic mass is 15.2. The van der Waals surface area contributed by atoms with Crippen molar-refractivity contribution in [3.05, 3.63) is 0 Å². The van der Waals surface area contributed by atoms with Gasteiger partial charge in [0.1, 0.15) is 0 Å². The van der Waals surface area contributed by atoms with Gasteiger partial charge in [0.05, 0.1) is 0 Å². The van der Waals surface area contributed by atoms with Crippen LogP contribution in [0.1, 0.15) is 40.0 Å². The van der Waals surface area contributed by atoms with E-state index in [1.165, 1.54) is 25.8 Å². The summed E-state index contributed by atoms with van der Waals surface area (Å²) < 4.78 is 0. The Morgan fingerprint density at radius 3 is 2.70 bits per heavy atom. The standard InChI is InChI=1S/C9H19N/c1-4-8(2)10-7-5-6-9(10)3/h8-9H,4-7H2,1-3H3. The van der Waals surface area contributed by atoms with Crippen LogP contribution in [0.5, 0.6) is 0 Å². The first-order chi connectivity index (χ1) is 4.75. The summed E-state index contributed by atoms with van der Waals surface area (Å²) in [5, 5.41) is 0. The summed E-state index contributed by atoms with van der Waals surface area (Å²) >= 11 is 0. The summed E-state index contributed by atoms with van der Waals surface area (Å²) in [6, 6.07) is 1.65. The lowest BCUT2D eigenvalue weighted by molar-refractivity contribution is 0.198. The second kappa shape index (κ2) is 3.38. The van der Waals surface area contributed by atoms with Gasteiger partial charge in [-0.15, -0.1) is 0 Å². The molecule has 1 fully saturated rings. The molecule has 0 radical (unpaired) electrons. The van der Waals surface area contributed by atoms with Gasteiger partial charge >= 0.3 is 0 Å². The Bertz CT molecular complexity index is 101. The molecule has 0 bridgehead atoms. The third-order valence-electron chi connectivity index (χ3n) is 2.76. The van der Waals surface area contributed by atoms with E-state index in [0.29, 0.717) is 0 Å².